The van der Waals surface area contributed by atoms with Crippen molar-refractivity contribution in [3.8, 4) is 0 Å². The maximum Gasteiger partial charge on any atom is 0.128 e. The topological polar surface area (TPSA) is 56.3 Å². The van der Waals surface area contributed by atoms with E-state index >= 15 is 0 Å². The van der Waals surface area contributed by atoms with Crippen LogP contribution >= 0.6 is 0 Å². The summed E-state index contributed by atoms with van der Waals surface area (Å²) in [7, 11) is 3.44. The molecule has 1 atom stereocenters. The number of aryl methyl sites for hydroxylation is 3. The van der Waals surface area contributed by atoms with E-state index < -0.39 is 0 Å². The van der Waals surface area contributed by atoms with Gasteiger partial charge >= 0.3 is 0 Å². The molecule has 1 N–H and O–H groups in total. The Morgan fingerprint density at radius 1 is 1.05 bits per heavy atom. The van der Waals surface area contributed by atoms with E-state index in [-0.39, 0.29) is 0 Å². The zero-order valence-electron chi connectivity index (χ0n) is 14.0. The number of rotatable bonds is 10. The predicted molar refractivity (Wildman–Crippen MR) is 84.9 cm³/mol. The number of nitrogens with one attached hydrogen (secondary N) is 1. The molecule has 5 heteroatoms. The third-order valence-electron chi connectivity index (χ3n) is 3.55. The molecule has 0 fully saturated rings. The van der Waals surface area contributed by atoms with E-state index in [9.17, 15) is 0 Å². The number of aromatic nitrogens is 2. The summed E-state index contributed by atoms with van der Waals surface area (Å²) < 4.78 is 10.1. The van der Waals surface area contributed by atoms with Crippen molar-refractivity contribution in [2.24, 2.45) is 0 Å². The van der Waals surface area contributed by atoms with Gasteiger partial charge in [-0.25, -0.2) is 9.97 Å². The second-order valence-corrected chi connectivity index (χ2v) is 5.42. The first-order chi connectivity index (χ1) is 10.1. The molecule has 1 aromatic heterocycles. The van der Waals surface area contributed by atoms with Crippen LogP contribution < -0.4 is 5.32 Å². The van der Waals surface area contributed by atoms with Crippen LogP contribution in [0.3, 0.4) is 0 Å². The van der Waals surface area contributed by atoms with Gasteiger partial charge in [0.1, 0.15) is 5.82 Å². The Hall–Kier alpha value is -1.04. The largest absolute Gasteiger partial charge is 0.385 e. The summed E-state index contributed by atoms with van der Waals surface area (Å²) in [5, 5.41) is 3.40. The van der Waals surface area contributed by atoms with Crippen molar-refractivity contribution in [1.29, 1.82) is 0 Å². The highest BCUT2D eigenvalue weighted by Crippen LogP contribution is 2.21. The summed E-state index contributed by atoms with van der Waals surface area (Å²) in [6.07, 6.45) is 1.83. The maximum atomic E-state index is 5.08. The fourth-order valence-electron chi connectivity index (χ4n) is 2.59. The van der Waals surface area contributed by atoms with Gasteiger partial charge in [-0.15, -0.1) is 0 Å². The lowest BCUT2D eigenvalue weighted by molar-refractivity contribution is 0.194. The maximum absolute atomic E-state index is 5.08. The molecule has 1 unspecified atom stereocenters. The van der Waals surface area contributed by atoms with Gasteiger partial charge in [-0.05, 0) is 31.7 Å². The molecule has 0 bridgehead atoms. The van der Waals surface area contributed by atoms with Crippen LogP contribution in [-0.4, -0.2) is 50.5 Å². The molecule has 0 radical (unpaired) electrons. The molecule has 0 aliphatic carbocycles. The van der Waals surface area contributed by atoms with E-state index in [1.807, 2.05) is 0 Å². The Morgan fingerprint density at radius 2 is 1.67 bits per heavy atom. The fourth-order valence-corrected chi connectivity index (χ4v) is 2.59. The molecule has 0 amide bonds. The Morgan fingerprint density at radius 3 is 2.24 bits per heavy atom. The van der Waals surface area contributed by atoms with Crippen molar-refractivity contribution in [2.75, 3.05) is 40.5 Å². The standard InChI is InChI=1S/C16H29N3O2/c1-12(11-17-8-10-21-5)16-13(2)18-15(19-14(16)3)7-6-9-20-4/h12,17H,6-11H2,1-5H3. The van der Waals surface area contributed by atoms with E-state index in [0.29, 0.717) is 5.92 Å². The Balaban J connectivity index is 2.65. The molecule has 0 aliphatic heterocycles. The van der Waals surface area contributed by atoms with Crippen LogP contribution in [0.2, 0.25) is 0 Å². The molecule has 0 aliphatic rings. The molecule has 120 valence electrons. The van der Waals surface area contributed by atoms with Crippen molar-refractivity contribution >= 4 is 0 Å². The van der Waals surface area contributed by atoms with Crippen LogP contribution in [0.25, 0.3) is 0 Å². The van der Waals surface area contributed by atoms with Gasteiger partial charge in [0.25, 0.3) is 0 Å². The van der Waals surface area contributed by atoms with Gasteiger partial charge in [0.2, 0.25) is 0 Å². The molecule has 21 heavy (non-hydrogen) atoms. The van der Waals surface area contributed by atoms with Crippen LogP contribution in [0.15, 0.2) is 0 Å². The first kappa shape index (κ1) is 18.0. The molecular formula is C16H29N3O2. The summed E-state index contributed by atoms with van der Waals surface area (Å²) in [5.74, 6) is 1.32. The van der Waals surface area contributed by atoms with Crippen molar-refractivity contribution < 1.29 is 9.47 Å². The van der Waals surface area contributed by atoms with Gasteiger partial charge in [0, 0.05) is 51.7 Å². The number of hydrogen-bond acceptors (Lipinski definition) is 5. The number of nitrogens with zero attached hydrogens (tertiary/aromatic N) is 2. The molecule has 1 heterocycles. The van der Waals surface area contributed by atoms with Crippen molar-refractivity contribution in [3.63, 3.8) is 0 Å². The fraction of sp³-hybridized carbons (Fsp3) is 0.750. The van der Waals surface area contributed by atoms with Crippen LogP contribution in [0.4, 0.5) is 0 Å². The van der Waals surface area contributed by atoms with E-state index in [1.165, 1.54) is 5.56 Å². The van der Waals surface area contributed by atoms with Gasteiger partial charge < -0.3 is 14.8 Å². The highest BCUT2D eigenvalue weighted by Gasteiger charge is 2.14. The number of ether oxygens (including phenoxy) is 2. The first-order valence-corrected chi connectivity index (χ1v) is 7.62. The SMILES string of the molecule is COCCCc1nc(C)c(C(C)CNCCOC)c(C)n1. The van der Waals surface area contributed by atoms with E-state index in [1.54, 1.807) is 14.2 Å². The predicted octanol–water partition coefficient (Wildman–Crippen LogP) is 2.01. The molecule has 5 nitrogen and oxygen atoms in total. The lowest BCUT2D eigenvalue weighted by Gasteiger charge is -2.18. The molecule has 1 aromatic rings. The normalized spacial score (nSPS) is 12.6. The van der Waals surface area contributed by atoms with Crippen LogP contribution in [0.1, 0.15) is 42.0 Å². The molecule has 0 saturated carbocycles. The van der Waals surface area contributed by atoms with Gasteiger partial charge in [-0.2, -0.15) is 0 Å². The molecule has 0 spiro atoms. The molecular weight excluding hydrogens is 266 g/mol. The summed E-state index contributed by atoms with van der Waals surface area (Å²) in [5.41, 5.74) is 3.45. The average molecular weight is 295 g/mol. The number of hydrogen-bond donors (Lipinski definition) is 1. The van der Waals surface area contributed by atoms with E-state index in [4.69, 9.17) is 9.47 Å². The van der Waals surface area contributed by atoms with Gasteiger partial charge in [0.05, 0.1) is 6.61 Å². The van der Waals surface area contributed by atoms with Gasteiger partial charge in [-0.3, -0.25) is 0 Å². The second-order valence-electron chi connectivity index (χ2n) is 5.42. The Bertz CT molecular complexity index is 401. The van der Waals surface area contributed by atoms with E-state index in [0.717, 1.165) is 56.4 Å². The molecule has 0 aromatic carbocycles. The second kappa shape index (κ2) is 9.82. The third-order valence-corrected chi connectivity index (χ3v) is 3.55. The summed E-state index contributed by atoms with van der Waals surface area (Å²) in [4.78, 5) is 9.30. The Kier molecular flexibility index (Phi) is 8.42. The van der Waals surface area contributed by atoms with Crippen LogP contribution in [-0.2, 0) is 15.9 Å². The monoisotopic (exact) mass is 295 g/mol. The average Bonchev–Trinajstić information content (AvgIpc) is 2.43. The Labute approximate surface area is 128 Å². The first-order valence-electron chi connectivity index (χ1n) is 7.62. The highest BCUT2D eigenvalue weighted by molar-refractivity contribution is 5.28. The smallest absolute Gasteiger partial charge is 0.128 e. The lowest BCUT2D eigenvalue weighted by atomic mass is 9.98. The molecule has 1 rings (SSSR count). The number of methoxy groups -OCH3 is 2. The van der Waals surface area contributed by atoms with Crippen molar-refractivity contribution in [2.45, 2.75) is 39.5 Å². The summed E-state index contributed by atoms with van der Waals surface area (Å²) >= 11 is 0. The van der Waals surface area contributed by atoms with Crippen LogP contribution in [0.5, 0.6) is 0 Å². The van der Waals surface area contributed by atoms with Gasteiger partial charge in [0.15, 0.2) is 0 Å². The van der Waals surface area contributed by atoms with Gasteiger partial charge in [-0.1, -0.05) is 6.92 Å². The van der Waals surface area contributed by atoms with Crippen LogP contribution in [0, 0.1) is 13.8 Å². The lowest BCUT2D eigenvalue weighted by Crippen LogP contribution is -2.25. The minimum absolute atomic E-state index is 0.398. The van der Waals surface area contributed by atoms with E-state index in [2.05, 4.69) is 36.1 Å². The molecule has 0 saturated heterocycles. The van der Waals surface area contributed by atoms with Crippen molar-refractivity contribution in [3.05, 3.63) is 22.8 Å². The summed E-state index contributed by atoms with van der Waals surface area (Å²) in [6, 6.07) is 0. The minimum atomic E-state index is 0.398. The highest BCUT2D eigenvalue weighted by atomic mass is 16.5. The quantitative estimate of drug-likeness (QED) is 0.669. The third kappa shape index (κ3) is 6.08. The zero-order valence-corrected chi connectivity index (χ0v) is 14.0. The zero-order chi connectivity index (χ0) is 15.7. The summed E-state index contributed by atoms with van der Waals surface area (Å²) in [6.45, 7) is 9.64. The minimum Gasteiger partial charge on any atom is -0.385 e. The van der Waals surface area contributed by atoms with Crippen molar-refractivity contribution in [1.82, 2.24) is 15.3 Å².